The van der Waals surface area contributed by atoms with Gasteiger partial charge in [0.05, 0.1) is 16.7 Å². The number of hydrogen-bond acceptors (Lipinski definition) is 2. The molecule has 0 aromatic heterocycles. The van der Waals surface area contributed by atoms with Crippen molar-refractivity contribution in [2.45, 2.75) is 19.4 Å². The molecule has 2 atom stereocenters. The number of halogens is 2. The molecule has 2 unspecified atom stereocenters. The van der Waals surface area contributed by atoms with Gasteiger partial charge in [-0.25, -0.2) is 0 Å². The molecular weight excluding hydrogens is 318 g/mol. The molecule has 1 saturated heterocycles. The third kappa shape index (κ3) is 2.71. The second-order valence-corrected chi connectivity index (χ2v) is 5.92. The highest BCUT2D eigenvalue weighted by Crippen LogP contribution is 2.28. The monoisotopic (exact) mass is 331 g/mol. The maximum absolute atomic E-state index is 12.3. The Hall–Kier alpha value is -0.580. The minimum atomic E-state index is -0.450. The fourth-order valence-electron chi connectivity index (χ4n) is 2.07. The lowest BCUT2D eigenvalue weighted by atomic mass is 9.95. The first-order chi connectivity index (χ1) is 8.50. The number of nitrogens with zero attached hydrogens (tertiary/aromatic N) is 1. The van der Waals surface area contributed by atoms with Gasteiger partial charge in [-0.15, -0.1) is 0 Å². The van der Waals surface area contributed by atoms with Crippen LogP contribution in [0.5, 0.6) is 0 Å². The molecular formula is C13H15BrClNO2. The van der Waals surface area contributed by atoms with Crippen molar-refractivity contribution in [2.24, 2.45) is 5.92 Å². The van der Waals surface area contributed by atoms with E-state index in [1.165, 1.54) is 0 Å². The second-order valence-electron chi connectivity index (χ2n) is 4.69. The van der Waals surface area contributed by atoms with Crippen LogP contribution in [0, 0.1) is 5.92 Å². The number of aliphatic hydroxyl groups is 1. The van der Waals surface area contributed by atoms with Gasteiger partial charge in [-0.2, -0.15) is 0 Å². The molecule has 2 rings (SSSR count). The lowest BCUT2D eigenvalue weighted by Crippen LogP contribution is -2.45. The van der Waals surface area contributed by atoms with Crippen LogP contribution in [-0.2, 0) is 0 Å². The summed E-state index contributed by atoms with van der Waals surface area (Å²) in [6, 6.07) is 5.29. The number of carbonyl (C=O) groups excluding carboxylic acids is 1. The number of carbonyl (C=O) groups is 1. The van der Waals surface area contributed by atoms with Gasteiger partial charge in [0, 0.05) is 17.6 Å². The van der Waals surface area contributed by atoms with E-state index in [4.69, 9.17) is 11.6 Å². The summed E-state index contributed by atoms with van der Waals surface area (Å²) in [6.45, 7) is 3.04. The van der Waals surface area contributed by atoms with Crippen molar-refractivity contribution < 1.29 is 9.90 Å². The number of β-amino-alcohol motifs (C(OH)–C–C–N with tert-alkyl or cyclic N) is 1. The van der Waals surface area contributed by atoms with Crippen LogP contribution in [0.2, 0.25) is 5.02 Å². The molecule has 0 aliphatic carbocycles. The summed E-state index contributed by atoms with van der Waals surface area (Å²) < 4.78 is 0.709. The Morgan fingerprint density at radius 2 is 2.28 bits per heavy atom. The Morgan fingerprint density at radius 1 is 1.56 bits per heavy atom. The highest BCUT2D eigenvalue weighted by Gasteiger charge is 2.28. The van der Waals surface area contributed by atoms with E-state index in [0.29, 0.717) is 28.1 Å². The minimum absolute atomic E-state index is 0.118. The Bertz CT molecular complexity index is 466. The minimum Gasteiger partial charge on any atom is -0.391 e. The molecule has 1 heterocycles. The van der Waals surface area contributed by atoms with Gasteiger partial charge >= 0.3 is 0 Å². The third-order valence-electron chi connectivity index (χ3n) is 3.39. The normalized spacial score (nSPS) is 24.1. The SMILES string of the molecule is CC1CCN(C(=O)c2cccc(Br)c2Cl)CC1O. The molecule has 1 N–H and O–H groups in total. The van der Waals surface area contributed by atoms with Crippen molar-refractivity contribution in [1.29, 1.82) is 0 Å². The average Bonchev–Trinajstić information content (AvgIpc) is 2.35. The predicted molar refractivity (Wildman–Crippen MR) is 74.8 cm³/mol. The van der Waals surface area contributed by atoms with E-state index in [2.05, 4.69) is 15.9 Å². The predicted octanol–water partition coefficient (Wildman–Crippen LogP) is 2.95. The molecule has 18 heavy (non-hydrogen) atoms. The zero-order chi connectivity index (χ0) is 13.3. The maximum Gasteiger partial charge on any atom is 0.255 e. The first-order valence-corrected chi connectivity index (χ1v) is 7.09. The standard InChI is InChI=1S/C13H15BrClNO2/c1-8-5-6-16(7-11(8)17)13(18)9-3-2-4-10(14)12(9)15/h2-4,8,11,17H,5-7H2,1H3. The molecule has 3 nitrogen and oxygen atoms in total. The van der Waals surface area contributed by atoms with Crippen molar-refractivity contribution in [3.8, 4) is 0 Å². The van der Waals surface area contributed by atoms with Gasteiger partial charge in [-0.1, -0.05) is 24.6 Å². The Labute approximate surface area is 120 Å². The van der Waals surface area contributed by atoms with Crippen molar-refractivity contribution >= 4 is 33.4 Å². The number of likely N-dealkylation sites (tertiary alicyclic amines) is 1. The van der Waals surface area contributed by atoms with Gasteiger partial charge in [-0.3, -0.25) is 4.79 Å². The molecule has 1 fully saturated rings. The lowest BCUT2D eigenvalue weighted by molar-refractivity contribution is 0.0249. The molecule has 1 aliphatic heterocycles. The van der Waals surface area contributed by atoms with Gasteiger partial charge in [0.1, 0.15) is 0 Å². The largest absolute Gasteiger partial charge is 0.391 e. The molecule has 0 radical (unpaired) electrons. The lowest BCUT2D eigenvalue weighted by Gasteiger charge is -2.34. The van der Waals surface area contributed by atoms with E-state index >= 15 is 0 Å². The van der Waals surface area contributed by atoms with Gasteiger partial charge in [0.25, 0.3) is 5.91 Å². The zero-order valence-corrected chi connectivity index (χ0v) is 12.4. The first kappa shape index (κ1) is 13.8. The van der Waals surface area contributed by atoms with E-state index in [1.807, 2.05) is 6.92 Å². The van der Waals surface area contributed by atoms with E-state index in [1.54, 1.807) is 23.1 Å². The average molecular weight is 333 g/mol. The number of piperidine rings is 1. The van der Waals surface area contributed by atoms with Gasteiger partial charge in [-0.05, 0) is 40.4 Å². The summed E-state index contributed by atoms with van der Waals surface area (Å²) in [5.41, 5.74) is 0.479. The smallest absolute Gasteiger partial charge is 0.255 e. The van der Waals surface area contributed by atoms with E-state index < -0.39 is 6.10 Å². The van der Waals surface area contributed by atoms with Crippen molar-refractivity contribution in [2.75, 3.05) is 13.1 Å². The van der Waals surface area contributed by atoms with Crippen LogP contribution in [0.15, 0.2) is 22.7 Å². The van der Waals surface area contributed by atoms with E-state index in [-0.39, 0.29) is 11.8 Å². The molecule has 1 aromatic carbocycles. The zero-order valence-electron chi connectivity index (χ0n) is 10.1. The van der Waals surface area contributed by atoms with Gasteiger partial charge in [0.2, 0.25) is 0 Å². The highest BCUT2D eigenvalue weighted by atomic mass is 79.9. The number of rotatable bonds is 1. The molecule has 1 aliphatic rings. The molecule has 5 heteroatoms. The molecule has 0 spiro atoms. The van der Waals surface area contributed by atoms with Crippen molar-refractivity contribution in [3.63, 3.8) is 0 Å². The summed E-state index contributed by atoms with van der Waals surface area (Å²) >= 11 is 9.42. The number of hydrogen-bond donors (Lipinski definition) is 1. The number of amides is 1. The summed E-state index contributed by atoms with van der Waals surface area (Å²) in [4.78, 5) is 14.0. The Balaban J connectivity index is 2.19. The summed E-state index contributed by atoms with van der Waals surface area (Å²) in [5.74, 6) is 0.124. The molecule has 0 saturated carbocycles. The van der Waals surface area contributed by atoms with E-state index in [0.717, 1.165) is 6.42 Å². The van der Waals surface area contributed by atoms with Crippen LogP contribution in [0.25, 0.3) is 0 Å². The van der Waals surface area contributed by atoms with Gasteiger partial charge in [0.15, 0.2) is 0 Å². The van der Waals surface area contributed by atoms with E-state index in [9.17, 15) is 9.90 Å². The fraction of sp³-hybridized carbons (Fsp3) is 0.462. The second kappa shape index (κ2) is 5.59. The number of benzene rings is 1. The first-order valence-electron chi connectivity index (χ1n) is 5.92. The molecule has 1 aromatic rings. The van der Waals surface area contributed by atoms with Crippen molar-refractivity contribution in [1.82, 2.24) is 4.90 Å². The Morgan fingerprint density at radius 3 is 2.94 bits per heavy atom. The number of aliphatic hydroxyl groups excluding tert-OH is 1. The van der Waals surface area contributed by atoms with Crippen LogP contribution in [-0.4, -0.2) is 35.1 Å². The summed E-state index contributed by atoms with van der Waals surface area (Å²) in [6.07, 6.45) is 0.368. The van der Waals surface area contributed by atoms with Crippen LogP contribution >= 0.6 is 27.5 Å². The van der Waals surface area contributed by atoms with Crippen LogP contribution in [0.3, 0.4) is 0 Å². The summed E-state index contributed by atoms with van der Waals surface area (Å²) in [7, 11) is 0. The Kier molecular flexibility index (Phi) is 4.30. The van der Waals surface area contributed by atoms with Gasteiger partial charge < -0.3 is 10.0 Å². The highest BCUT2D eigenvalue weighted by molar-refractivity contribution is 9.10. The molecule has 0 bridgehead atoms. The van der Waals surface area contributed by atoms with Crippen LogP contribution in [0.4, 0.5) is 0 Å². The summed E-state index contributed by atoms with van der Waals surface area (Å²) in [5, 5.41) is 10.3. The third-order valence-corrected chi connectivity index (χ3v) is 4.68. The van der Waals surface area contributed by atoms with Crippen molar-refractivity contribution in [3.05, 3.63) is 33.3 Å². The van der Waals surface area contributed by atoms with Crippen LogP contribution in [0.1, 0.15) is 23.7 Å². The van der Waals surface area contributed by atoms with Crippen LogP contribution < -0.4 is 0 Å². The maximum atomic E-state index is 12.3. The fourth-order valence-corrected chi connectivity index (χ4v) is 2.65. The topological polar surface area (TPSA) is 40.5 Å². The molecule has 98 valence electrons. The quantitative estimate of drug-likeness (QED) is 0.859. The molecule has 1 amide bonds.